The molecule has 35 heavy (non-hydrogen) atoms. The monoisotopic (exact) mass is 500 g/mol. The molecule has 1 unspecified atom stereocenters. The molecule has 1 atom stereocenters. The van der Waals surface area contributed by atoms with Crippen LogP contribution in [0, 0.1) is 0 Å². The number of carbonyl (C=O) groups is 4. The lowest BCUT2D eigenvalue weighted by molar-refractivity contribution is -0.187. The molecule has 0 N–H and O–H groups in total. The summed E-state index contributed by atoms with van der Waals surface area (Å²) in [6, 6.07) is 0. The van der Waals surface area contributed by atoms with Crippen LogP contribution in [-0.4, -0.2) is 49.3 Å². The van der Waals surface area contributed by atoms with Gasteiger partial charge in [0.05, 0.1) is 26.1 Å². The van der Waals surface area contributed by atoms with Crippen LogP contribution in [0.15, 0.2) is 0 Å². The topological polar surface area (TPSA) is 105 Å². The molecular weight excluding hydrogens is 452 g/mol. The van der Waals surface area contributed by atoms with Crippen LogP contribution in [0.5, 0.6) is 0 Å². The van der Waals surface area contributed by atoms with E-state index in [0.717, 1.165) is 51.4 Å². The Morgan fingerprint density at radius 1 is 0.543 bits per heavy atom. The van der Waals surface area contributed by atoms with Gasteiger partial charge in [-0.05, 0) is 25.7 Å². The van der Waals surface area contributed by atoms with Crippen LogP contribution in [0.4, 0.5) is 0 Å². The highest BCUT2D eigenvalue weighted by Gasteiger charge is 2.46. The summed E-state index contributed by atoms with van der Waals surface area (Å²) in [4.78, 5) is 50.4. The molecular formula is C27H48O8. The Morgan fingerprint density at radius 3 is 1.69 bits per heavy atom. The maximum Gasteiger partial charge on any atom is 0.339 e. The third-order valence-electron chi connectivity index (χ3n) is 5.56. The van der Waals surface area contributed by atoms with Gasteiger partial charge in [0.2, 0.25) is 0 Å². The van der Waals surface area contributed by atoms with Gasteiger partial charge in [-0.3, -0.25) is 14.4 Å². The molecule has 0 spiro atoms. The van der Waals surface area contributed by atoms with Crippen molar-refractivity contribution in [3.8, 4) is 0 Å². The Kier molecular flexibility index (Phi) is 20.1. The Hall–Kier alpha value is -1.96. The van der Waals surface area contributed by atoms with E-state index in [-0.39, 0.29) is 26.2 Å². The Bertz CT molecular complexity index is 604. The standard InChI is InChI=1S/C27H48O8/c1-5-9-13-14-15-16-17-23(28)35-25(30)22-27(34-20-12-8-4,26(31)33-19-11-7-3)21-24(29)32-18-10-6-2/h5-22H2,1-4H3. The largest absolute Gasteiger partial charge is 0.466 e. The minimum Gasteiger partial charge on any atom is -0.466 e. The first kappa shape index (κ1) is 33.0. The lowest BCUT2D eigenvalue weighted by Gasteiger charge is -2.30. The molecule has 0 aliphatic carbocycles. The summed E-state index contributed by atoms with van der Waals surface area (Å²) in [7, 11) is 0. The van der Waals surface area contributed by atoms with Gasteiger partial charge < -0.3 is 18.9 Å². The van der Waals surface area contributed by atoms with Crippen LogP contribution in [0.2, 0.25) is 0 Å². The zero-order chi connectivity index (χ0) is 26.4. The summed E-state index contributed by atoms with van der Waals surface area (Å²) in [5.41, 5.74) is -1.89. The number of unbranched alkanes of at least 4 members (excludes halogenated alkanes) is 8. The first-order chi connectivity index (χ1) is 16.8. The fraction of sp³-hybridized carbons (Fsp3) is 0.852. The maximum atomic E-state index is 13.1. The van der Waals surface area contributed by atoms with E-state index >= 15 is 0 Å². The summed E-state index contributed by atoms with van der Waals surface area (Å²) in [6.45, 7) is 8.53. The second-order valence-electron chi connectivity index (χ2n) is 8.98. The molecule has 0 aliphatic heterocycles. The molecule has 0 rings (SSSR count). The van der Waals surface area contributed by atoms with E-state index in [1.807, 2.05) is 20.8 Å². The first-order valence-corrected chi connectivity index (χ1v) is 13.5. The Labute approximate surface area is 211 Å². The van der Waals surface area contributed by atoms with Crippen molar-refractivity contribution >= 4 is 23.9 Å². The fourth-order valence-electron chi connectivity index (χ4n) is 3.33. The van der Waals surface area contributed by atoms with Crippen molar-refractivity contribution in [1.82, 2.24) is 0 Å². The van der Waals surface area contributed by atoms with Crippen LogP contribution in [0.3, 0.4) is 0 Å². The molecule has 0 aliphatic rings. The summed E-state index contributed by atoms with van der Waals surface area (Å²) in [5, 5.41) is 0. The average molecular weight is 501 g/mol. The van der Waals surface area contributed by atoms with E-state index in [1.54, 1.807) is 0 Å². The predicted octanol–water partition coefficient (Wildman–Crippen LogP) is 5.83. The maximum absolute atomic E-state index is 13.1. The third-order valence-corrected chi connectivity index (χ3v) is 5.56. The van der Waals surface area contributed by atoms with Crippen molar-refractivity contribution in [2.24, 2.45) is 0 Å². The van der Waals surface area contributed by atoms with Crippen LogP contribution in [0.25, 0.3) is 0 Å². The van der Waals surface area contributed by atoms with E-state index < -0.39 is 42.3 Å². The summed E-state index contributed by atoms with van der Waals surface area (Å²) in [6.07, 6.45) is 9.45. The molecule has 0 heterocycles. The lowest BCUT2D eigenvalue weighted by atomic mass is 9.94. The van der Waals surface area contributed by atoms with Gasteiger partial charge in [0.25, 0.3) is 0 Å². The molecule has 0 saturated heterocycles. The lowest BCUT2D eigenvalue weighted by Crippen LogP contribution is -2.48. The number of carbonyl (C=O) groups excluding carboxylic acids is 4. The normalized spacial score (nSPS) is 12.6. The predicted molar refractivity (Wildman–Crippen MR) is 134 cm³/mol. The smallest absolute Gasteiger partial charge is 0.339 e. The van der Waals surface area contributed by atoms with Crippen LogP contribution < -0.4 is 0 Å². The SMILES string of the molecule is CCCCCCCCC(=O)OC(=O)CC(CC(=O)OCCCC)(OCCCC)C(=O)OCCCC. The van der Waals surface area contributed by atoms with Gasteiger partial charge in [-0.25, -0.2) is 4.79 Å². The molecule has 204 valence electrons. The zero-order valence-corrected chi connectivity index (χ0v) is 22.5. The number of hydrogen-bond acceptors (Lipinski definition) is 8. The van der Waals surface area contributed by atoms with Gasteiger partial charge in [0.1, 0.15) is 0 Å². The molecule has 0 aromatic rings. The van der Waals surface area contributed by atoms with Crippen LogP contribution >= 0.6 is 0 Å². The van der Waals surface area contributed by atoms with Crippen LogP contribution in [0.1, 0.15) is 124 Å². The van der Waals surface area contributed by atoms with Crippen LogP contribution in [-0.2, 0) is 38.1 Å². The molecule has 0 fully saturated rings. The van der Waals surface area contributed by atoms with Gasteiger partial charge in [0, 0.05) is 13.0 Å². The average Bonchev–Trinajstić information content (AvgIpc) is 2.81. The van der Waals surface area contributed by atoms with Gasteiger partial charge >= 0.3 is 23.9 Å². The van der Waals surface area contributed by atoms with Crippen molar-refractivity contribution in [2.45, 2.75) is 130 Å². The molecule has 0 bridgehead atoms. The molecule has 0 aromatic heterocycles. The minimum atomic E-state index is -1.89. The second kappa shape index (κ2) is 21.3. The highest BCUT2D eigenvalue weighted by Crippen LogP contribution is 2.26. The number of esters is 4. The van der Waals surface area contributed by atoms with Gasteiger partial charge in [-0.2, -0.15) is 0 Å². The van der Waals surface area contributed by atoms with E-state index in [1.165, 1.54) is 0 Å². The van der Waals surface area contributed by atoms with E-state index in [4.69, 9.17) is 18.9 Å². The van der Waals surface area contributed by atoms with Crippen molar-refractivity contribution in [2.75, 3.05) is 19.8 Å². The highest BCUT2D eigenvalue weighted by atomic mass is 16.6. The second-order valence-corrected chi connectivity index (χ2v) is 8.98. The quantitative estimate of drug-likeness (QED) is 0.0791. The molecule has 0 radical (unpaired) electrons. The summed E-state index contributed by atoms with van der Waals surface area (Å²) >= 11 is 0. The summed E-state index contributed by atoms with van der Waals surface area (Å²) in [5.74, 6) is -3.02. The van der Waals surface area contributed by atoms with E-state index in [2.05, 4.69) is 6.92 Å². The fourth-order valence-corrected chi connectivity index (χ4v) is 3.33. The molecule has 0 aromatic carbocycles. The summed E-state index contributed by atoms with van der Waals surface area (Å²) < 4.78 is 21.4. The number of hydrogen-bond donors (Lipinski definition) is 0. The van der Waals surface area contributed by atoms with E-state index in [0.29, 0.717) is 25.7 Å². The minimum absolute atomic E-state index is 0.127. The Balaban J connectivity index is 5.28. The number of rotatable bonds is 22. The highest BCUT2D eigenvalue weighted by molar-refractivity contribution is 5.93. The van der Waals surface area contributed by atoms with Crippen molar-refractivity contribution in [1.29, 1.82) is 0 Å². The molecule has 0 amide bonds. The van der Waals surface area contributed by atoms with Gasteiger partial charge in [0.15, 0.2) is 5.60 Å². The number of ether oxygens (including phenoxy) is 4. The van der Waals surface area contributed by atoms with Crippen molar-refractivity contribution in [3.05, 3.63) is 0 Å². The molecule has 0 saturated carbocycles. The van der Waals surface area contributed by atoms with Gasteiger partial charge in [-0.15, -0.1) is 0 Å². The Morgan fingerprint density at radius 2 is 1.06 bits per heavy atom. The molecule has 8 nitrogen and oxygen atoms in total. The molecule has 8 heteroatoms. The van der Waals surface area contributed by atoms with E-state index in [9.17, 15) is 19.2 Å². The third kappa shape index (κ3) is 16.4. The first-order valence-electron chi connectivity index (χ1n) is 13.5. The zero-order valence-electron chi connectivity index (χ0n) is 22.5. The van der Waals surface area contributed by atoms with Crippen molar-refractivity contribution in [3.63, 3.8) is 0 Å². The van der Waals surface area contributed by atoms with Gasteiger partial charge in [-0.1, -0.05) is 79.1 Å². The van der Waals surface area contributed by atoms with Crippen molar-refractivity contribution < 1.29 is 38.1 Å².